The number of thiazole rings is 1. The molecule has 0 saturated heterocycles. The van der Waals surface area contributed by atoms with E-state index in [0.29, 0.717) is 16.3 Å². The molecule has 1 aromatic heterocycles. The first kappa shape index (κ1) is 18.3. The minimum atomic E-state index is -3.11. The van der Waals surface area contributed by atoms with Crippen LogP contribution in [0.15, 0.2) is 60.0 Å². The quantitative estimate of drug-likeness (QED) is 0.665. The van der Waals surface area contributed by atoms with Crippen molar-refractivity contribution in [3.8, 4) is 0 Å². The SMILES string of the molecule is Cc1csc(N(C(=O)c2ccc(CS(C)(=O)=O)cc2)c2ccccc2)n1. The first-order chi connectivity index (χ1) is 12.3. The van der Waals surface area contributed by atoms with Gasteiger partial charge in [-0.05, 0) is 36.8 Å². The van der Waals surface area contributed by atoms with Crippen LogP contribution >= 0.6 is 11.3 Å². The summed E-state index contributed by atoms with van der Waals surface area (Å²) < 4.78 is 22.8. The average Bonchev–Trinajstić information content (AvgIpc) is 3.01. The molecule has 0 fully saturated rings. The molecule has 1 heterocycles. The summed E-state index contributed by atoms with van der Waals surface area (Å²) >= 11 is 1.40. The summed E-state index contributed by atoms with van der Waals surface area (Å²) in [5, 5.41) is 2.49. The van der Waals surface area contributed by atoms with E-state index in [2.05, 4.69) is 4.98 Å². The second-order valence-electron chi connectivity index (χ2n) is 6.01. The van der Waals surface area contributed by atoms with Gasteiger partial charge in [-0.3, -0.25) is 9.69 Å². The number of carbonyl (C=O) groups is 1. The Labute approximate surface area is 156 Å². The van der Waals surface area contributed by atoms with Crippen LogP contribution in [0, 0.1) is 6.92 Å². The highest BCUT2D eigenvalue weighted by molar-refractivity contribution is 7.89. The van der Waals surface area contributed by atoms with Crippen molar-refractivity contribution in [1.29, 1.82) is 0 Å². The Bertz CT molecular complexity index is 1010. The summed E-state index contributed by atoms with van der Waals surface area (Å²) in [5.74, 6) is -0.258. The van der Waals surface area contributed by atoms with Gasteiger partial charge in [-0.25, -0.2) is 13.4 Å². The van der Waals surface area contributed by atoms with Gasteiger partial charge in [0.2, 0.25) is 0 Å². The Balaban J connectivity index is 1.95. The van der Waals surface area contributed by atoms with Gasteiger partial charge in [0.1, 0.15) is 0 Å². The van der Waals surface area contributed by atoms with Gasteiger partial charge >= 0.3 is 0 Å². The molecule has 0 radical (unpaired) electrons. The van der Waals surface area contributed by atoms with Crippen molar-refractivity contribution in [3.63, 3.8) is 0 Å². The van der Waals surface area contributed by atoms with Gasteiger partial charge in [-0.15, -0.1) is 11.3 Å². The smallest absolute Gasteiger partial charge is 0.264 e. The van der Waals surface area contributed by atoms with Crippen molar-refractivity contribution in [2.24, 2.45) is 0 Å². The second-order valence-corrected chi connectivity index (χ2v) is 8.99. The zero-order valence-electron chi connectivity index (χ0n) is 14.4. The van der Waals surface area contributed by atoms with E-state index < -0.39 is 9.84 Å². The third kappa shape index (κ3) is 4.36. The van der Waals surface area contributed by atoms with Crippen LogP contribution in [0.25, 0.3) is 0 Å². The molecule has 0 bridgehead atoms. The standard InChI is InChI=1S/C19H18N2O3S2/c1-14-12-25-19(20-14)21(17-6-4-3-5-7-17)18(22)16-10-8-15(9-11-16)13-26(2,23)24/h3-12H,13H2,1-2H3. The Morgan fingerprint density at radius 3 is 2.27 bits per heavy atom. The van der Waals surface area contributed by atoms with Gasteiger partial charge in [0.25, 0.3) is 5.91 Å². The van der Waals surface area contributed by atoms with E-state index in [0.717, 1.165) is 11.4 Å². The fraction of sp³-hybridized carbons (Fsp3) is 0.158. The first-order valence-corrected chi connectivity index (χ1v) is 10.9. The maximum atomic E-state index is 13.1. The number of amides is 1. The number of hydrogen-bond acceptors (Lipinski definition) is 5. The van der Waals surface area contributed by atoms with E-state index in [1.165, 1.54) is 17.6 Å². The lowest BCUT2D eigenvalue weighted by atomic mass is 10.1. The van der Waals surface area contributed by atoms with Crippen LogP contribution in [0.3, 0.4) is 0 Å². The lowest BCUT2D eigenvalue weighted by Crippen LogP contribution is -2.25. The molecule has 0 saturated carbocycles. The predicted molar refractivity (Wildman–Crippen MR) is 105 cm³/mol. The van der Waals surface area contributed by atoms with E-state index >= 15 is 0 Å². The molecule has 0 aliphatic heterocycles. The summed E-state index contributed by atoms with van der Waals surface area (Å²) in [6.45, 7) is 1.88. The summed E-state index contributed by atoms with van der Waals surface area (Å²) in [5.41, 5.74) is 2.70. The van der Waals surface area contributed by atoms with Crippen LogP contribution in [-0.4, -0.2) is 25.6 Å². The summed E-state index contributed by atoms with van der Waals surface area (Å²) in [6, 6.07) is 16.0. The molecule has 2 aromatic carbocycles. The molecular weight excluding hydrogens is 368 g/mol. The largest absolute Gasteiger partial charge is 0.268 e. The van der Waals surface area contributed by atoms with Crippen LogP contribution in [0.4, 0.5) is 10.8 Å². The Morgan fingerprint density at radius 1 is 1.08 bits per heavy atom. The summed E-state index contributed by atoms with van der Waals surface area (Å²) in [6.07, 6.45) is 1.19. The number of anilines is 2. The molecule has 26 heavy (non-hydrogen) atoms. The Hall–Kier alpha value is -2.51. The molecule has 134 valence electrons. The van der Waals surface area contributed by atoms with E-state index in [-0.39, 0.29) is 11.7 Å². The van der Waals surface area contributed by atoms with Crippen molar-refractivity contribution >= 4 is 37.9 Å². The van der Waals surface area contributed by atoms with Crippen LogP contribution in [-0.2, 0) is 15.6 Å². The topological polar surface area (TPSA) is 67.3 Å². The van der Waals surface area contributed by atoms with Gasteiger partial charge in [0, 0.05) is 17.2 Å². The minimum Gasteiger partial charge on any atom is -0.268 e. The maximum Gasteiger partial charge on any atom is 0.264 e. The van der Waals surface area contributed by atoms with Crippen molar-refractivity contribution in [2.75, 3.05) is 11.2 Å². The third-order valence-electron chi connectivity index (χ3n) is 3.65. The number of aromatic nitrogens is 1. The highest BCUT2D eigenvalue weighted by atomic mass is 32.2. The number of benzene rings is 2. The van der Waals surface area contributed by atoms with E-state index in [1.54, 1.807) is 29.2 Å². The zero-order chi connectivity index (χ0) is 18.7. The van der Waals surface area contributed by atoms with Gasteiger partial charge in [-0.2, -0.15) is 0 Å². The number of carbonyl (C=O) groups excluding carboxylic acids is 1. The van der Waals surface area contributed by atoms with Crippen LogP contribution < -0.4 is 4.90 Å². The van der Waals surface area contributed by atoms with Crippen molar-refractivity contribution in [2.45, 2.75) is 12.7 Å². The first-order valence-electron chi connectivity index (χ1n) is 7.92. The average molecular weight is 386 g/mol. The normalized spacial score (nSPS) is 11.3. The van der Waals surface area contributed by atoms with Crippen LogP contribution in [0.2, 0.25) is 0 Å². The van der Waals surface area contributed by atoms with Crippen LogP contribution in [0.1, 0.15) is 21.6 Å². The molecule has 0 aliphatic rings. The molecule has 5 nitrogen and oxygen atoms in total. The molecule has 0 N–H and O–H groups in total. The molecule has 0 aliphatic carbocycles. The van der Waals surface area contributed by atoms with Gasteiger partial charge in [-0.1, -0.05) is 30.3 Å². The molecule has 0 unspecified atom stereocenters. The molecule has 0 atom stereocenters. The molecule has 3 rings (SSSR count). The number of aryl methyl sites for hydroxylation is 1. The predicted octanol–water partition coefficient (Wildman–Crippen LogP) is 3.97. The maximum absolute atomic E-state index is 13.1. The molecule has 7 heteroatoms. The van der Waals surface area contributed by atoms with Crippen molar-refractivity contribution < 1.29 is 13.2 Å². The summed E-state index contributed by atoms with van der Waals surface area (Å²) in [7, 11) is -3.11. The Morgan fingerprint density at radius 2 is 1.73 bits per heavy atom. The van der Waals surface area contributed by atoms with E-state index in [4.69, 9.17) is 0 Å². The van der Waals surface area contributed by atoms with Gasteiger partial charge in [0.05, 0.1) is 17.1 Å². The number of rotatable bonds is 5. The van der Waals surface area contributed by atoms with E-state index in [1.807, 2.05) is 42.6 Å². The highest BCUT2D eigenvalue weighted by Crippen LogP contribution is 2.30. The molecule has 1 amide bonds. The molecule has 3 aromatic rings. The van der Waals surface area contributed by atoms with Crippen LogP contribution in [0.5, 0.6) is 0 Å². The second kappa shape index (κ2) is 7.39. The lowest BCUT2D eigenvalue weighted by Gasteiger charge is -2.20. The molecular formula is C19H18N2O3S2. The highest BCUT2D eigenvalue weighted by Gasteiger charge is 2.22. The number of sulfone groups is 1. The van der Waals surface area contributed by atoms with Crippen molar-refractivity contribution in [3.05, 3.63) is 76.8 Å². The minimum absolute atomic E-state index is 0.0461. The fourth-order valence-electron chi connectivity index (χ4n) is 2.51. The summed E-state index contributed by atoms with van der Waals surface area (Å²) in [4.78, 5) is 19.1. The Kier molecular flexibility index (Phi) is 5.20. The van der Waals surface area contributed by atoms with Crippen molar-refractivity contribution in [1.82, 2.24) is 4.98 Å². The lowest BCUT2D eigenvalue weighted by molar-refractivity contribution is 0.0999. The van der Waals surface area contributed by atoms with Gasteiger partial charge in [0.15, 0.2) is 15.0 Å². The number of nitrogens with zero attached hydrogens (tertiary/aromatic N) is 2. The molecule has 0 spiro atoms. The van der Waals surface area contributed by atoms with Gasteiger partial charge < -0.3 is 0 Å². The zero-order valence-corrected chi connectivity index (χ0v) is 16.0. The number of hydrogen-bond donors (Lipinski definition) is 0. The third-order valence-corrected chi connectivity index (χ3v) is 5.45. The monoisotopic (exact) mass is 386 g/mol. The van der Waals surface area contributed by atoms with E-state index in [9.17, 15) is 13.2 Å². The number of para-hydroxylation sites is 1. The fourth-order valence-corrected chi connectivity index (χ4v) is 4.13.